The van der Waals surface area contributed by atoms with E-state index in [-0.39, 0.29) is 0 Å². The van der Waals surface area contributed by atoms with Crippen molar-refractivity contribution in [2.45, 2.75) is 26.3 Å². The number of rotatable bonds is 8. The Morgan fingerprint density at radius 3 is 2.33 bits per heavy atom. The van der Waals surface area contributed by atoms with Crippen molar-refractivity contribution < 1.29 is 4.79 Å². The lowest BCUT2D eigenvalue weighted by molar-refractivity contribution is 0.1000. The van der Waals surface area contributed by atoms with Crippen LogP contribution < -0.4 is 11.1 Å². The lowest BCUT2D eigenvalue weighted by atomic mass is 9.97. The second kappa shape index (κ2) is 9.15. The van der Waals surface area contributed by atoms with Crippen molar-refractivity contribution in [1.82, 2.24) is 5.32 Å². The molecule has 0 heterocycles. The molecule has 138 valence electrons. The van der Waals surface area contributed by atoms with Crippen molar-refractivity contribution in [2.24, 2.45) is 5.73 Å². The molecule has 27 heavy (non-hydrogen) atoms. The van der Waals surface area contributed by atoms with Crippen LogP contribution in [0.25, 0.3) is 11.1 Å². The summed E-state index contributed by atoms with van der Waals surface area (Å²) in [7, 11) is 0. The molecule has 3 rings (SSSR count). The van der Waals surface area contributed by atoms with Gasteiger partial charge in [0.15, 0.2) is 0 Å². The van der Waals surface area contributed by atoms with Gasteiger partial charge in [0.1, 0.15) is 0 Å². The molecule has 0 fully saturated rings. The van der Waals surface area contributed by atoms with Gasteiger partial charge < -0.3 is 11.1 Å². The SMILES string of the molecule is Cc1cc(C(N)=O)ccc1-c1ccc(CNCCCc2ccccc2)cc1. The number of nitrogens with one attached hydrogen (secondary N) is 1. The lowest BCUT2D eigenvalue weighted by Crippen LogP contribution is -2.15. The predicted octanol–water partition coefficient (Wildman–Crippen LogP) is 4.48. The molecule has 1 amide bonds. The molecular formula is C24H26N2O. The fourth-order valence-electron chi connectivity index (χ4n) is 3.24. The van der Waals surface area contributed by atoms with Crippen molar-refractivity contribution in [3.63, 3.8) is 0 Å². The standard InChI is InChI=1S/C24H26N2O/c1-18-16-22(24(25)27)13-14-23(18)21-11-9-20(10-12-21)17-26-15-5-8-19-6-3-2-4-7-19/h2-4,6-7,9-14,16,26H,5,8,15,17H2,1H3,(H2,25,27). The third kappa shape index (κ3) is 5.28. The molecule has 0 saturated carbocycles. The van der Waals surface area contributed by atoms with E-state index < -0.39 is 5.91 Å². The topological polar surface area (TPSA) is 55.1 Å². The number of primary amides is 1. The van der Waals surface area contributed by atoms with Crippen molar-refractivity contribution in [3.8, 4) is 11.1 Å². The van der Waals surface area contributed by atoms with E-state index in [1.165, 1.54) is 11.1 Å². The van der Waals surface area contributed by atoms with Crippen LogP contribution in [-0.2, 0) is 13.0 Å². The van der Waals surface area contributed by atoms with Gasteiger partial charge in [0.25, 0.3) is 0 Å². The average molecular weight is 358 g/mol. The summed E-state index contributed by atoms with van der Waals surface area (Å²) < 4.78 is 0. The van der Waals surface area contributed by atoms with Gasteiger partial charge in [-0.25, -0.2) is 0 Å². The minimum Gasteiger partial charge on any atom is -0.366 e. The zero-order valence-corrected chi connectivity index (χ0v) is 15.7. The average Bonchev–Trinajstić information content (AvgIpc) is 2.69. The van der Waals surface area contributed by atoms with E-state index in [1.54, 1.807) is 6.07 Å². The van der Waals surface area contributed by atoms with Gasteiger partial charge in [0, 0.05) is 12.1 Å². The Labute approximate surface area is 161 Å². The minimum atomic E-state index is -0.390. The lowest BCUT2D eigenvalue weighted by Gasteiger charge is -2.09. The number of benzene rings is 3. The summed E-state index contributed by atoms with van der Waals surface area (Å²) in [5, 5.41) is 3.51. The normalized spacial score (nSPS) is 10.7. The molecule has 0 aliphatic rings. The molecular weight excluding hydrogens is 332 g/mol. The van der Waals surface area contributed by atoms with Crippen LogP contribution in [0.5, 0.6) is 0 Å². The summed E-state index contributed by atoms with van der Waals surface area (Å²) in [6, 6.07) is 24.8. The Hall–Kier alpha value is -2.91. The quantitative estimate of drug-likeness (QED) is 0.583. The van der Waals surface area contributed by atoms with Crippen LogP contribution >= 0.6 is 0 Å². The number of carbonyl (C=O) groups is 1. The highest BCUT2D eigenvalue weighted by Crippen LogP contribution is 2.24. The van der Waals surface area contributed by atoms with Crippen LogP contribution in [0.3, 0.4) is 0 Å². The molecule has 0 saturated heterocycles. The number of hydrogen-bond acceptors (Lipinski definition) is 2. The first-order valence-electron chi connectivity index (χ1n) is 9.38. The Morgan fingerprint density at radius 1 is 0.926 bits per heavy atom. The summed E-state index contributed by atoms with van der Waals surface area (Å²) in [5.41, 5.74) is 11.9. The van der Waals surface area contributed by atoms with Gasteiger partial charge in [-0.2, -0.15) is 0 Å². The van der Waals surface area contributed by atoms with Crippen molar-refractivity contribution in [2.75, 3.05) is 6.54 Å². The fraction of sp³-hybridized carbons (Fsp3) is 0.208. The molecule has 3 aromatic carbocycles. The maximum atomic E-state index is 11.3. The number of nitrogens with two attached hydrogens (primary N) is 1. The van der Waals surface area contributed by atoms with E-state index in [9.17, 15) is 4.79 Å². The first kappa shape index (κ1) is 18.9. The number of hydrogen-bond donors (Lipinski definition) is 2. The highest BCUT2D eigenvalue weighted by molar-refractivity contribution is 5.93. The predicted molar refractivity (Wildman–Crippen MR) is 112 cm³/mol. The third-order valence-corrected chi connectivity index (χ3v) is 4.77. The maximum absolute atomic E-state index is 11.3. The zero-order chi connectivity index (χ0) is 19.1. The number of carbonyl (C=O) groups excluding carboxylic acids is 1. The van der Waals surface area contributed by atoms with E-state index in [4.69, 9.17) is 5.73 Å². The third-order valence-electron chi connectivity index (χ3n) is 4.77. The van der Waals surface area contributed by atoms with Gasteiger partial charge >= 0.3 is 0 Å². The van der Waals surface area contributed by atoms with Crippen LogP contribution in [0, 0.1) is 6.92 Å². The largest absolute Gasteiger partial charge is 0.366 e. The Balaban J connectivity index is 1.51. The zero-order valence-electron chi connectivity index (χ0n) is 15.7. The van der Waals surface area contributed by atoms with E-state index in [2.05, 4.69) is 59.9 Å². The molecule has 0 radical (unpaired) electrons. The van der Waals surface area contributed by atoms with Crippen molar-refractivity contribution in [3.05, 3.63) is 95.1 Å². The molecule has 3 nitrogen and oxygen atoms in total. The molecule has 0 aromatic heterocycles. The van der Waals surface area contributed by atoms with Crippen LogP contribution in [0.1, 0.15) is 33.5 Å². The van der Waals surface area contributed by atoms with Crippen LogP contribution in [0.15, 0.2) is 72.8 Å². The van der Waals surface area contributed by atoms with Gasteiger partial charge in [0.2, 0.25) is 5.91 Å². The maximum Gasteiger partial charge on any atom is 0.248 e. The van der Waals surface area contributed by atoms with E-state index in [1.807, 2.05) is 19.1 Å². The first-order chi connectivity index (χ1) is 13.1. The molecule has 0 unspecified atom stereocenters. The molecule has 0 atom stereocenters. The second-order valence-corrected chi connectivity index (χ2v) is 6.86. The second-order valence-electron chi connectivity index (χ2n) is 6.86. The van der Waals surface area contributed by atoms with Gasteiger partial charge in [-0.1, -0.05) is 60.7 Å². The monoisotopic (exact) mass is 358 g/mol. The van der Waals surface area contributed by atoms with Gasteiger partial charge in [-0.3, -0.25) is 4.79 Å². The van der Waals surface area contributed by atoms with E-state index in [0.29, 0.717) is 5.56 Å². The Morgan fingerprint density at radius 2 is 1.67 bits per heavy atom. The summed E-state index contributed by atoms with van der Waals surface area (Å²) in [4.78, 5) is 11.3. The van der Waals surface area contributed by atoms with E-state index >= 15 is 0 Å². The summed E-state index contributed by atoms with van der Waals surface area (Å²) >= 11 is 0. The summed E-state index contributed by atoms with van der Waals surface area (Å²) in [6.45, 7) is 3.88. The smallest absolute Gasteiger partial charge is 0.248 e. The van der Waals surface area contributed by atoms with Crippen molar-refractivity contribution >= 4 is 5.91 Å². The summed E-state index contributed by atoms with van der Waals surface area (Å²) in [6.07, 6.45) is 2.24. The molecule has 3 heteroatoms. The molecule has 0 aliphatic carbocycles. The van der Waals surface area contributed by atoms with Gasteiger partial charge in [0.05, 0.1) is 0 Å². The molecule has 3 aromatic rings. The van der Waals surface area contributed by atoms with Crippen LogP contribution in [0.4, 0.5) is 0 Å². The van der Waals surface area contributed by atoms with Crippen molar-refractivity contribution in [1.29, 1.82) is 0 Å². The van der Waals surface area contributed by atoms with Crippen LogP contribution in [-0.4, -0.2) is 12.5 Å². The number of amides is 1. The van der Waals surface area contributed by atoms with Gasteiger partial charge in [-0.05, 0) is 66.3 Å². The molecule has 3 N–H and O–H groups in total. The fourth-order valence-corrected chi connectivity index (χ4v) is 3.24. The Bertz CT molecular complexity index is 886. The molecule has 0 aliphatic heterocycles. The highest BCUT2D eigenvalue weighted by atomic mass is 16.1. The highest BCUT2D eigenvalue weighted by Gasteiger charge is 2.06. The number of aryl methyl sites for hydroxylation is 2. The van der Waals surface area contributed by atoms with Gasteiger partial charge in [-0.15, -0.1) is 0 Å². The minimum absolute atomic E-state index is 0.390. The van der Waals surface area contributed by atoms with E-state index in [0.717, 1.165) is 42.6 Å². The van der Waals surface area contributed by atoms with Crippen LogP contribution in [0.2, 0.25) is 0 Å². The Kier molecular flexibility index (Phi) is 6.39. The first-order valence-corrected chi connectivity index (χ1v) is 9.38. The molecule has 0 bridgehead atoms. The summed E-state index contributed by atoms with van der Waals surface area (Å²) in [5.74, 6) is -0.390. The molecule has 0 spiro atoms.